The maximum absolute atomic E-state index is 12.1. The summed E-state index contributed by atoms with van der Waals surface area (Å²) in [6.07, 6.45) is 3.24. The SMILES string of the molecule is O=C(NCc1ccccn1)C(=O)NC[C@H](c1ccco1)N1CCOCC1. The molecule has 8 nitrogen and oxygen atoms in total. The number of nitrogens with one attached hydrogen (secondary N) is 2. The number of hydrogen-bond acceptors (Lipinski definition) is 6. The molecular formula is C18H22N4O4. The van der Waals surface area contributed by atoms with Gasteiger partial charge in [0.1, 0.15) is 5.76 Å². The third-order valence-electron chi connectivity index (χ3n) is 4.18. The first kappa shape index (κ1) is 18.1. The minimum Gasteiger partial charge on any atom is -0.468 e. The largest absolute Gasteiger partial charge is 0.468 e. The van der Waals surface area contributed by atoms with Crippen LogP contribution in [0, 0.1) is 0 Å². The van der Waals surface area contributed by atoms with E-state index in [2.05, 4.69) is 20.5 Å². The average molecular weight is 358 g/mol. The fourth-order valence-corrected chi connectivity index (χ4v) is 2.80. The standard InChI is InChI=1S/C18H22N4O4/c23-17(20-12-14-4-1-2-6-19-14)18(24)21-13-15(16-5-3-9-26-16)22-7-10-25-11-8-22/h1-6,9,15H,7-8,10-13H2,(H,20,23)(H,21,24)/t15-/m1/s1. The van der Waals surface area contributed by atoms with Gasteiger partial charge in [0.05, 0.1) is 37.8 Å². The van der Waals surface area contributed by atoms with E-state index in [9.17, 15) is 9.59 Å². The van der Waals surface area contributed by atoms with Crippen molar-refractivity contribution >= 4 is 11.8 Å². The monoisotopic (exact) mass is 358 g/mol. The van der Waals surface area contributed by atoms with Gasteiger partial charge in [0.2, 0.25) is 0 Å². The molecule has 2 aromatic rings. The second kappa shape index (κ2) is 9.12. The van der Waals surface area contributed by atoms with Gasteiger partial charge in [-0.25, -0.2) is 0 Å². The lowest BCUT2D eigenvalue weighted by Crippen LogP contribution is -2.46. The Balaban J connectivity index is 1.52. The zero-order valence-electron chi connectivity index (χ0n) is 14.4. The lowest BCUT2D eigenvalue weighted by atomic mass is 10.1. The van der Waals surface area contributed by atoms with Crippen molar-refractivity contribution < 1.29 is 18.7 Å². The number of morpholine rings is 1. The van der Waals surface area contributed by atoms with E-state index in [1.165, 1.54) is 0 Å². The van der Waals surface area contributed by atoms with Gasteiger partial charge in [-0.05, 0) is 24.3 Å². The molecule has 2 N–H and O–H groups in total. The molecule has 1 aliphatic rings. The van der Waals surface area contributed by atoms with Gasteiger partial charge in [-0.3, -0.25) is 19.5 Å². The van der Waals surface area contributed by atoms with Crippen molar-refractivity contribution in [2.45, 2.75) is 12.6 Å². The smallest absolute Gasteiger partial charge is 0.309 e. The molecule has 0 radical (unpaired) electrons. The van der Waals surface area contributed by atoms with Crippen LogP contribution in [0.5, 0.6) is 0 Å². The maximum Gasteiger partial charge on any atom is 0.309 e. The normalized spacial score (nSPS) is 16.0. The van der Waals surface area contributed by atoms with Gasteiger partial charge in [-0.2, -0.15) is 0 Å². The summed E-state index contributed by atoms with van der Waals surface area (Å²) in [5.74, 6) is -0.609. The molecule has 1 fully saturated rings. The number of rotatable bonds is 6. The first-order valence-corrected chi connectivity index (χ1v) is 8.55. The Bertz CT molecular complexity index is 699. The summed E-state index contributed by atoms with van der Waals surface area (Å²) in [5.41, 5.74) is 0.690. The highest BCUT2D eigenvalue weighted by molar-refractivity contribution is 6.35. The molecule has 0 aromatic carbocycles. The third kappa shape index (κ3) is 4.90. The molecule has 2 amide bonds. The number of furan rings is 1. The van der Waals surface area contributed by atoms with Crippen molar-refractivity contribution in [3.8, 4) is 0 Å². The van der Waals surface area contributed by atoms with Crippen molar-refractivity contribution in [2.75, 3.05) is 32.8 Å². The molecule has 3 heterocycles. The van der Waals surface area contributed by atoms with E-state index in [0.29, 0.717) is 18.9 Å². The Labute approximate surface area is 151 Å². The number of nitrogens with zero attached hydrogens (tertiary/aromatic N) is 2. The average Bonchev–Trinajstić information content (AvgIpc) is 3.22. The van der Waals surface area contributed by atoms with Crippen molar-refractivity contribution in [1.82, 2.24) is 20.5 Å². The zero-order valence-corrected chi connectivity index (χ0v) is 14.4. The molecule has 1 aliphatic heterocycles. The van der Waals surface area contributed by atoms with Crippen LogP contribution in [0.2, 0.25) is 0 Å². The van der Waals surface area contributed by atoms with Gasteiger partial charge in [0.25, 0.3) is 0 Å². The summed E-state index contributed by atoms with van der Waals surface area (Å²) < 4.78 is 10.9. The summed E-state index contributed by atoms with van der Waals surface area (Å²) in [7, 11) is 0. The van der Waals surface area contributed by atoms with Crippen LogP contribution >= 0.6 is 0 Å². The Morgan fingerprint density at radius 2 is 1.92 bits per heavy atom. The molecule has 3 rings (SSSR count). The van der Waals surface area contributed by atoms with Gasteiger partial charge in [-0.15, -0.1) is 0 Å². The Morgan fingerprint density at radius 1 is 1.12 bits per heavy atom. The van der Waals surface area contributed by atoms with E-state index in [0.717, 1.165) is 18.8 Å². The molecule has 1 saturated heterocycles. The first-order valence-electron chi connectivity index (χ1n) is 8.55. The van der Waals surface area contributed by atoms with Crippen LogP contribution in [0.25, 0.3) is 0 Å². The second-order valence-corrected chi connectivity index (χ2v) is 5.89. The van der Waals surface area contributed by atoms with Crippen LogP contribution in [0.1, 0.15) is 17.5 Å². The maximum atomic E-state index is 12.1. The van der Waals surface area contributed by atoms with Crippen molar-refractivity contribution in [3.05, 3.63) is 54.2 Å². The van der Waals surface area contributed by atoms with E-state index < -0.39 is 11.8 Å². The van der Waals surface area contributed by atoms with Gasteiger partial charge in [0, 0.05) is 25.8 Å². The third-order valence-corrected chi connectivity index (χ3v) is 4.18. The van der Waals surface area contributed by atoms with Gasteiger partial charge in [0.15, 0.2) is 0 Å². The Kier molecular flexibility index (Phi) is 6.34. The molecule has 0 unspecified atom stereocenters. The lowest BCUT2D eigenvalue weighted by Gasteiger charge is -2.33. The molecule has 8 heteroatoms. The molecule has 26 heavy (non-hydrogen) atoms. The summed E-state index contributed by atoms with van der Waals surface area (Å²) >= 11 is 0. The van der Waals surface area contributed by atoms with Crippen LogP contribution in [0.15, 0.2) is 47.2 Å². The fourth-order valence-electron chi connectivity index (χ4n) is 2.80. The molecule has 0 aliphatic carbocycles. The van der Waals surface area contributed by atoms with Crippen molar-refractivity contribution in [1.29, 1.82) is 0 Å². The summed E-state index contributed by atoms with van der Waals surface area (Å²) in [5, 5.41) is 5.26. The summed E-state index contributed by atoms with van der Waals surface area (Å²) in [4.78, 5) is 30.4. The van der Waals surface area contributed by atoms with E-state index in [1.54, 1.807) is 24.6 Å². The van der Waals surface area contributed by atoms with Crippen LogP contribution in [-0.2, 0) is 20.9 Å². The number of carbonyl (C=O) groups is 2. The minimum atomic E-state index is -0.684. The number of carbonyl (C=O) groups excluding carboxylic acids is 2. The van der Waals surface area contributed by atoms with Crippen LogP contribution < -0.4 is 10.6 Å². The molecule has 138 valence electrons. The zero-order chi connectivity index (χ0) is 18.2. The predicted octanol–water partition coefficient (Wildman–Crippen LogP) is 0.480. The first-order chi connectivity index (χ1) is 12.7. The highest BCUT2D eigenvalue weighted by Crippen LogP contribution is 2.21. The highest BCUT2D eigenvalue weighted by atomic mass is 16.5. The Morgan fingerprint density at radius 3 is 2.62 bits per heavy atom. The minimum absolute atomic E-state index is 0.138. The van der Waals surface area contributed by atoms with Crippen LogP contribution in [0.3, 0.4) is 0 Å². The quantitative estimate of drug-likeness (QED) is 0.729. The Hall–Kier alpha value is -2.71. The second-order valence-electron chi connectivity index (χ2n) is 5.89. The number of amides is 2. The van der Waals surface area contributed by atoms with Gasteiger partial charge < -0.3 is 19.8 Å². The number of hydrogen-bond donors (Lipinski definition) is 2. The van der Waals surface area contributed by atoms with E-state index >= 15 is 0 Å². The molecule has 2 aromatic heterocycles. The molecule has 1 atom stereocenters. The summed E-state index contributed by atoms with van der Waals surface area (Å²) in [6, 6.07) is 8.94. The number of ether oxygens (including phenoxy) is 1. The molecular weight excluding hydrogens is 336 g/mol. The van der Waals surface area contributed by atoms with E-state index in [4.69, 9.17) is 9.15 Å². The van der Waals surface area contributed by atoms with Crippen molar-refractivity contribution in [2.24, 2.45) is 0 Å². The van der Waals surface area contributed by atoms with Crippen LogP contribution in [0.4, 0.5) is 0 Å². The summed E-state index contributed by atoms with van der Waals surface area (Å²) in [6.45, 7) is 3.24. The van der Waals surface area contributed by atoms with Crippen LogP contribution in [-0.4, -0.2) is 54.5 Å². The predicted molar refractivity (Wildman–Crippen MR) is 92.9 cm³/mol. The van der Waals surface area contributed by atoms with Gasteiger partial charge in [-0.1, -0.05) is 6.07 Å². The van der Waals surface area contributed by atoms with E-state index in [-0.39, 0.29) is 19.1 Å². The highest BCUT2D eigenvalue weighted by Gasteiger charge is 2.26. The molecule has 0 spiro atoms. The number of pyridine rings is 1. The molecule has 0 saturated carbocycles. The topological polar surface area (TPSA) is 96.7 Å². The molecule has 0 bridgehead atoms. The van der Waals surface area contributed by atoms with E-state index in [1.807, 2.05) is 18.2 Å². The number of aromatic nitrogens is 1. The lowest BCUT2D eigenvalue weighted by molar-refractivity contribution is -0.139. The fraction of sp³-hybridized carbons (Fsp3) is 0.389. The van der Waals surface area contributed by atoms with Crippen molar-refractivity contribution in [3.63, 3.8) is 0 Å². The van der Waals surface area contributed by atoms with Gasteiger partial charge >= 0.3 is 11.8 Å².